The Morgan fingerprint density at radius 1 is 1.24 bits per heavy atom. The van der Waals surface area contributed by atoms with Gasteiger partial charge in [0.2, 0.25) is 0 Å². The topological polar surface area (TPSA) is 76.0 Å². The molecule has 1 aromatic heterocycles. The summed E-state index contributed by atoms with van der Waals surface area (Å²) >= 11 is 0. The minimum Gasteiger partial charge on any atom is -0.379 e. The number of nitrogens with one attached hydrogen (secondary N) is 2. The highest BCUT2D eigenvalue weighted by atomic mass is 16.2. The predicted octanol–water partition coefficient (Wildman–Crippen LogP) is 1.71. The van der Waals surface area contributed by atoms with Gasteiger partial charge in [0.05, 0.1) is 29.7 Å². The molecule has 1 aliphatic heterocycles. The molecular weight excluding hydrogens is 268 g/mol. The minimum atomic E-state index is -0.332. The number of amides is 2. The molecule has 0 saturated heterocycles. The normalized spacial score (nSPS) is 16.8. The maximum Gasteiger partial charge on any atom is 0.259 e. The molecule has 6 nitrogen and oxygen atoms in total. The largest absolute Gasteiger partial charge is 0.379 e. The van der Waals surface area contributed by atoms with E-state index in [9.17, 15) is 9.59 Å². The summed E-state index contributed by atoms with van der Waals surface area (Å²) in [6.45, 7) is 0.644. The summed E-state index contributed by atoms with van der Waals surface area (Å²) in [5, 5.41) is 5.57. The van der Waals surface area contributed by atoms with Gasteiger partial charge in [-0.05, 0) is 31.0 Å². The summed E-state index contributed by atoms with van der Waals surface area (Å²) in [5.41, 5.74) is 2.81. The van der Waals surface area contributed by atoms with E-state index >= 15 is 0 Å². The predicted molar refractivity (Wildman–Crippen MR) is 76.1 cm³/mol. The van der Waals surface area contributed by atoms with E-state index in [4.69, 9.17) is 0 Å². The van der Waals surface area contributed by atoms with Gasteiger partial charge in [-0.1, -0.05) is 0 Å². The SMILES string of the molecule is O=C1NC(=O)c2cc(NCc3cncn3C3CC3)ccc21. The van der Waals surface area contributed by atoms with Crippen LogP contribution in [0.1, 0.15) is 45.3 Å². The van der Waals surface area contributed by atoms with Crippen LogP contribution in [0.2, 0.25) is 0 Å². The standard InChI is InChI=1S/C15H14N4O2/c20-14-12-4-1-9(5-13(12)15(21)18-14)17-7-11-6-16-8-19(11)10-2-3-10/h1,4-6,8,10,17H,2-3,7H2,(H,18,20,21). The second-order valence-electron chi connectivity index (χ2n) is 5.42. The quantitative estimate of drug-likeness (QED) is 0.837. The lowest BCUT2D eigenvalue weighted by Gasteiger charge is -2.09. The molecular formula is C15H14N4O2. The lowest BCUT2D eigenvalue weighted by Crippen LogP contribution is -2.19. The Bertz CT molecular complexity index is 746. The number of rotatable bonds is 4. The highest BCUT2D eigenvalue weighted by Gasteiger charge is 2.27. The first kappa shape index (κ1) is 12.1. The summed E-state index contributed by atoms with van der Waals surface area (Å²) in [7, 11) is 0. The third kappa shape index (κ3) is 2.08. The van der Waals surface area contributed by atoms with Gasteiger partial charge in [-0.2, -0.15) is 0 Å². The molecule has 21 heavy (non-hydrogen) atoms. The van der Waals surface area contributed by atoms with Crippen molar-refractivity contribution in [3.05, 3.63) is 47.5 Å². The van der Waals surface area contributed by atoms with E-state index in [2.05, 4.69) is 20.2 Å². The van der Waals surface area contributed by atoms with Crippen molar-refractivity contribution < 1.29 is 9.59 Å². The van der Waals surface area contributed by atoms with Crippen LogP contribution in [-0.4, -0.2) is 21.4 Å². The van der Waals surface area contributed by atoms with Crippen molar-refractivity contribution in [1.82, 2.24) is 14.9 Å². The van der Waals surface area contributed by atoms with Gasteiger partial charge in [0.25, 0.3) is 11.8 Å². The first-order valence-corrected chi connectivity index (χ1v) is 6.96. The number of fused-ring (bicyclic) bond motifs is 1. The summed E-state index contributed by atoms with van der Waals surface area (Å²) in [6.07, 6.45) is 6.15. The van der Waals surface area contributed by atoms with E-state index in [0.717, 1.165) is 11.4 Å². The van der Waals surface area contributed by atoms with Crippen LogP contribution in [0.5, 0.6) is 0 Å². The second-order valence-corrected chi connectivity index (χ2v) is 5.42. The van der Waals surface area contributed by atoms with Gasteiger partial charge in [0, 0.05) is 17.9 Å². The minimum absolute atomic E-state index is 0.326. The Morgan fingerprint density at radius 3 is 2.86 bits per heavy atom. The molecule has 0 spiro atoms. The van der Waals surface area contributed by atoms with Gasteiger partial charge in [-0.25, -0.2) is 4.98 Å². The van der Waals surface area contributed by atoms with Gasteiger partial charge in [0.1, 0.15) is 0 Å². The molecule has 2 N–H and O–H groups in total. The molecule has 2 aromatic rings. The number of imide groups is 1. The van der Waals surface area contributed by atoms with Gasteiger partial charge in [-0.3, -0.25) is 14.9 Å². The number of hydrogen-bond acceptors (Lipinski definition) is 4. The Kier molecular flexibility index (Phi) is 2.57. The zero-order valence-corrected chi connectivity index (χ0v) is 11.3. The second kappa shape index (κ2) is 4.44. The van der Waals surface area contributed by atoms with Crippen molar-refractivity contribution in [2.75, 3.05) is 5.32 Å². The third-order valence-electron chi connectivity index (χ3n) is 3.90. The molecule has 1 fully saturated rings. The van der Waals surface area contributed by atoms with Crippen LogP contribution in [0.25, 0.3) is 0 Å². The average Bonchev–Trinajstić information content (AvgIpc) is 3.15. The van der Waals surface area contributed by atoms with E-state index in [1.807, 2.05) is 18.6 Å². The maximum absolute atomic E-state index is 11.6. The fourth-order valence-corrected chi connectivity index (χ4v) is 2.62. The fraction of sp³-hybridized carbons (Fsp3) is 0.267. The molecule has 0 atom stereocenters. The number of carbonyl (C=O) groups is 2. The summed E-state index contributed by atoms with van der Waals surface area (Å²) in [4.78, 5) is 27.3. The molecule has 106 valence electrons. The van der Waals surface area contributed by atoms with Crippen molar-refractivity contribution in [3.8, 4) is 0 Å². The van der Waals surface area contributed by atoms with Crippen LogP contribution in [0.15, 0.2) is 30.7 Å². The highest BCUT2D eigenvalue weighted by Crippen LogP contribution is 2.35. The fourth-order valence-electron chi connectivity index (χ4n) is 2.62. The van der Waals surface area contributed by atoms with Crippen LogP contribution >= 0.6 is 0 Å². The lowest BCUT2D eigenvalue weighted by atomic mass is 10.1. The number of aromatic nitrogens is 2. The molecule has 2 amide bonds. The summed E-state index contributed by atoms with van der Waals surface area (Å²) in [6, 6.07) is 5.80. The number of imidazole rings is 1. The smallest absolute Gasteiger partial charge is 0.259 e. The van der Waals surface area contributed by atoms with Crippen molar-refractivity contribution in [1.29, 1.82) is 0 Å². The van der Waals surface area contributed by atoms with Crippen LogP contribution in [0.4, 0.5) is 5.69 Å². The van der Waals surface area contributed by atoms with Crippen molar-refractivity contribution in [3.63, 3.8) is 0 Å². The van der Waals surface area contributed by atoms with E-state index in [1.54, 1.807) is 12.1 Å². The Balaban J connectivity index is 1.53. The number of hydrogen-bond donors (Lipinski definition) is 2. The number of carbonyl (C=O) groups excluding carboxylic acids is 2. The van der Waals surface area contributed by atoms with Crippen LogP contribution in [-0.2, 0) is 6.54 Å². The van der Waals surface area contributed by atoms with Crippen molar-refractivity contribution >= 4 is 17.5 Å². The van der Waals surface area contributed by atoms with E-state index in [-0.39, 0.29) is 11.8 Å². The maximum atomic E-state index is 11.6. The van der Waals surface area contributed by atoms with Crippen LogP contribution < -0.4 is 10.6 Å². The lowest BCUT2D eigenvalue weighted by molar-refractivity contribution is 0.0879. The average molecular weight is 282 g/mol. The van der Waals surface area contributed by atoms with E-state index < -0.39 is 0 Å². The monoisotopic (exact) mass is 282 g/mol. The zero-order valence-electron chi connectivity index (χ0n) is 11.3. The molecule has 2 heterocycles. The summed E-state index contributed by atoms with van der Waals surface area (Å²) in [5.74, 6) is -0.657. The van der Waals surface area contributed by atoms with E-state index in [1.165, 1.54) is 12.8 Å². The Labute approximate surface area is 121 Å². The van der Waals surface area contributed by atoms with Gasteiger partial charge in [0.15, 0.2) is 0 Å². The molecule has 1 aromatic carbocycles. The first-order chi connectivity index (χ1) is 10.2. The van der Waals surface area contributed by atoms with Gasteiger partial charge >= 0.3 is 0 Å². The van der Waals surface area contributed by atoms with Crippen LogP contribution in [0, 0.1) is 0 Å². The molecule has 6 heteroatoms. The van der Waals surface area contributed by atoms with Gasteiger partial charge in [-0.15, -0.1) is 0 Å². The highest BCUT2D eigenvalue weighted by molar-refractivity contribution is 6.21. The molecule has 4 rings (SSSR count). The summed E-state index contributed by atoms with van der Waals surface area (Å²) < 4.78 is 2.19. The Morgan fingerprint density at radius 2 is 2.05 bits per heavy atom. The van der Waals surface area contributed by atoms with Crippen molar-refractivity contribution in [2.45, 2.75) is 25.4 Å². The van der Waals surface area contributed by atoms with Crippen LogP contribution in [0.3, 0.4) is 0 Å². The van der Waals surface area contributed by atoms with Gasteiger partial charge < -0.3 is 9.88 Å². The number of benzene rings is 1. The number of anilines is 1. The van der Waals surface area contributed by atoms with Crippen molar-refractivity contribution in [2.24, 2.45) is 0 Å². The molecule has 0 unspecified atom stereocenters. The molecule has 2 aliphatic rings. The molecule has 0 bridgehead atoms. The molecule has 1 aliphatic carbocycles. The Hall–Kier alpha value is -2.63. The first-order valence-electron chi connectivity index (χ1n) is 6.96. The molecule has 1 saturated carbocycles. The van der Waals surface area contributed by atoms with E-state index in [0.29, 0.717) is 23.7 Å². The number of nitrogens with zero attached hydrogens (tertiary/aromatic N) is 2. The molecule has 0 radical (unpaired) electrons. The zero-order chi connectivity index (χ0) is 14.4. The third-order valence-corrected chi connectivity index (χ3v) is 3.90.